The number of benzene rings is 1. The summed E-state index contributed by atoms with van der Waals surface area (Å²) in [6, 6.07) is 10.4. The quantitative estimate of drug-likeness (QED) is 0.895. The molecule has 2 aliphatic rings. The van der Waals surface area contributed by atoms with E-state index in [4.69, 9.17) is 0 Å². The molecule has 1 heterocycles. The van der Waals surface area contributed by atoms with Crippen LogP contribution in [-0.4, -0.2) is 25.5 Å². The number of halogens is 1. The average molecular weight is 323 g/mol. The van der Waals surface area contributed by atoms with Gasteiger partial charge < -0.3 is 10.6 Å². The molecule has 0 radical (unpaired) electrons. The van der Waals surface area contributed by atoms with Crippen LogP contribution in [0.2, 0.25) is 0 Å². The molecule has 1 aromatic rings. The summed E-state index contributed by atoms with van der Waals surface area (Å²) in [4.78, 5) is 12.4. The number of amides is 1. The van der Waals surface area contributed by atoms with Crippen LogP contribution in [0.15, 0.2) is 30.3 Å². The van der Waals surface area contributed by atoms with Gasteiger partial charge in [0.1, 0.15) is 0 Å². The van der Waals surface area contributed by atoms with E-state index in [-0.39, 0.29) is 29.6 Å². The van der Waals surface area contributed by atoms with E-state index in [1.165, 1.54) is 5.56 Å². The Kier molecular flexibility index (Phi) is 5.18. The van der Waals surface area contributed by atoms with Crippen molar-refractivity contribution in [3.63, 3.8) is 0 Å². The molecule has 3 rings (SSSR count). The Labute approximate surface area is 139 Å². The monoisotopic (exact) mass is 322 g/mol. The smallest absolute Gasteiger partial charge is 0.223 e. The lowest BCUT2D eigenvalue weighted by Crippen LogP contribution is -2.39. The third kappa shape index (κ3) is 3.47. The molecule has 1 saturated carbocycles. The maximum atomic E-state index is 12.4. The topological polar surface area (TPSA) is 41.1 Å². The van der Waals surface area contributed by atoms with Crippen molar-refractivity contribution in [2.24, 2.45) is 11.3 Å². The van der Waals surface area contributed by atoms with E-state index < -0.39 is 0 Å². The van der Waals surface area contributed by atoms with Crippen LogP contribution in [0.25, 0.3) is 0 Å². The fourth-order valence-electron chi connectivity index (χ4n) is 3.62. The number of hydrogen-bond donors (Lipinski definition) is 2. The summed E-state index contributed by atoms with van der Waals surface area (Å²) in [5.41, 5.74) is 1.58. The van der Waals surface area contributed by atoms with Crippen molar-refractivity contribution < 1.29 is 4.79 Å². The number of carbonyl (C=O) groups excluding carboxylic acids is 1. The van der Waals surface area contributed by atoms with Crippen molar-refractivity contribution in [2.45, 2.75) is 38.5 Å². The van der Waals surface area contributed by atoms with Gasteiger partial charge in [-0.05, 0) is 43.3 Å². The first-order valence-electron chi connectivity index (χ1n) is 8.08. The van der Waals surface area contributed by atoms with Crippen LogP contribution in [0.4, 0.5) is 0 Å². The predicted molar refractivity (Wildman–Crippen MR) is 92.4 cm³/mol. The van der Waals surface area contributed by atoms with E-state index in [2.05, 4.69) is 48.7 Å². The maximum absolute atomic E-state index is 12.4. The molecule has 1 atom stereocenters. The van der Waals surface area contributed by atoms with E-state index in [9.17, 15) is 4.79 Å². The highest BCUT2D eigenvalue weighted by atomic mass is 35.5. The minimum Gasteiger partial charge on any atom is -0.355 e. The molecule has 1 aromatic carbocycles. The molecule has 2 fully saturated rings. The summed E-state index contributed by atoms with van der Waals surface area (Å²) in [7, 11) is 0. The number of hydrogen-bond acceptors (Lipinski definition) is 2. The molecular formula is C18H27ClN2O. The minimum atomic E-state index is -0.0207. The fraction of sp³-hybridized carbons (Fsp3) is 0.611. The minimum absolute atomic E-state index is 0. The zero-order valence-corrected chi connectivity index (χ0v) is 14.3. The third-order valence-corrected chi connectivity index (χ3v) is 5.37. The lowest BCUT2D eigenvalue weighted by Gasteiger charge is -2.27. The highest BCUT2D eigenvalue weighted by molar-refractivity contribution is 5.85. The summed E-state index contributed by atoms with van der Waals surface area (Å²) in [6.45, 7) is 7.23. The number of piperidine rings is 1. The van der Waals surface area contributed by atoms with Gasteiger partial charge in [-0.2, -0.15) is 0 Å². The predicted octanol–water partition coefficient (Wildman–Crippen LogP) is 2.89. The van der Waals surface area contributed by atoms with Crippen LogP contribution in [0.3, 0.4) is 0 Å². The van der Waals surface area contributed by atoms with Gasteiger partial charge in [-0.1, -0.05) is 44.2 Å². The first kappa shape index (κ1) is 17.3. The molecule has 4 heteroatoms. The number of rotatable bonds is 4. The second-order valence-electron chi connectivity index (χ2n) is 7.34. The molecular weight excluding hydrogens is 296 g/mol. The lowest BCUT2D eigenvalue weighted by atomic mass is 9.84. The van der Waals surface area contributed by atoms with Gasteiger partial charge in [0, 0.05) is 17.9 Å². The largest absolute Gasteiger partial charge is 0.355 e. The standard InChI is InChI=1S/C18H26N2O.ClH/c1-17(2,14-6-4-3-5-7-14)13-20-16(21)15-12-18(15)8-10-19-11-9-18;/h3-7,15,19H,8-13H2,1-2H3,(H,20,21);1H. The van der Waals surface area contributed by atoms with E-state index in [1.54, 1.807) is 0 Å². The van der Waals surface area contributed by atoms with Crippen LogP contribution in [0.5, 0.6) is 0 Å². The first-order valence-corrected chi connectivity index (χ1v) is 8.08. The van der Waals surface area contributed by atoms with Gasteiger partial charge in [-0.15, -0.1) is 12.4 Å². The Morgan fingerprint density at radius 2 is 1.91 bits per heavy atom. The molecule has 1 aliphatic heterocycles. The van der Waals surface area contributed by atoms with Crippen molar-refractivity contribution in [2.75, 3.05) is 19.6 Å². The van der Waals surface area contributed by atoms with Crippen LogP contribution >= 0.6 is 12.4 Å². The molecule has 0 aromatic heterocycles. The average Bonchev–Trinajstić information content (AvgIpc) is 3.20. The van der Waals surface area contributed by atoms with Gasteiger partial charge in [0.05, 0.1) is 0 Å². The van der Waals surface area contributed by atoms with Crippen LogP contribution in [-0.2, 0) is 10.2 Å². The Bertz CT molecular complexity index is 509. The second kappa shape index (κ2) is 6.59. The second-order valence-corrected chi connectivity index (χ2v) is 7.34. The Hall–Kier alpha value is -1.06. The van der Waals surface area contributed by atoms with E-state index >= 15 is 0 Å². The van der Waals surface area contributed by atoms with E-state index in [0.29, 0.717) is 12.0 Å². The maximum Gasteiger partial charge on any atom is 0.223 e. The summed E-state index contributed by atoms with van der Waals surface area (Å²) in [5.74, 6) is 0.520. The van der Waals surface area contributed by atoms with Gasteiger partial charge in [0.25, 0.3) is 0 Å². The Balaban J connectivity index is 0.00000176. The Morgan fingerprint density at radius 1 is 1.27 bits per heavy atom. The van der Waals surface area contributed by atoms with E-state index in [0.717, 1.165) is 32.4 Å². The highest BCUT2D eigenvalue weighted by Crippen LogP contribution is 2.58. The summed E-state index contributed by atoms with van der Waals surface area (Å²) in [6.07, 6.45) is 3.41. The van der Waals surface area contributed by atoms with Crippen LogP contribution < -0.4 is 10.6 Å². The molecule has 122 valence electrons. The number of carbonyl (C=O) groups is 1. The summed E-state index contributed by atoms with van der Waals surface area (Å²) < 4.78 is 0. The molecule has 2 N–H and O–H groups in total. The fourth-order valence-corrected chi connectivity index (χ4v) is 3.62. The zero-order chi connectivity index (χ0) is 14.9. The lowest BCUT2D eigenvalue weighted by molar-refractivity contribution is -0.123. The highest BCUT2D eigenvalue weighted by Gasteiger charge is 2.57. The normalized spacial score (nSPS) is 22.7. The molecule has 1 unspecified atom stereocenters. The zero-order valence-electron chi connectivity index (χ0n) is 13.5. The van der Waals surface area contributed by atoms with Gasteiger partial charge in [-0.25, -0.2) is 0 Å². The molecule has 0 bridgehead atoms. The molecule has 3 nitrogen and oxygen atoms in total. The van der Waals surface area contributed by atoms with Crippen molar-refractivity contribution in [3.05, 3.63) is 35.9 Å². The van der Waals surface area contributed by atoms with Gasteiger partial charge in [-0.3, -0.25) is 4.79 Å². The molecule has 1 spiro atoms. The van der Waals surface area contributed by atoms with Crippen LogP contribution in [0, 0.1) is 11.3 Å². The Morgan fingerprint density at radius 3 is 2.55 bits per heavy atom. The number of nitrogens with one attached hydrogen (secondary N) is 2. The SMILES string of the molecule is CC(C)(CNC(=O)C1CC12CCNCC2)c1ccccc1.Cl. The van der Waals surface area contributed by atoms with Crippen molar-refractivity contribution in [1.82, 2.24) is 10.6 Å². The van der Waals surface area contributed by atoms with Crippen LogP contribution in [0.1, 0.15) is 38.7 Å². The van der Waals surface area contributed by atoms with E-state index in [1.807, 2.05) is 6.07 Å². The molecule has 1 aliphatic carbocycles. The van der Waals surface area contributed by atoms with Crippen molar-refractivity contribution in [3.8, 4) is 0 Å². The molecule has 1 saturated heterocycles. The third-order valence-electron chi connectivity index (χ3n) is 5.37. The van der Waals surface area contributed by atoms with Gasteiger partial charge in [0.15, 0.2) is 0 Å². The van der Waals surface area contributed by atoms with Gasteiger partial charge >= 0.3 is 0 Å². The van der Waals surface area contributed by atoms with Gasteiger partial charge in [0.2, 0.25) is 5.91 Å². The molecule has 1 amide bonds. The molecule has 22 heavy (non-hydrogen) atoms. The van der Waals surface area contributed by atoms with Crippen molar-refractivity contribution >= 4 is 18.3 Å². The first-order chi connectivity index (χ1) is 10.0. The summed E-state index contributed by atoms with van der Waals surface area (Å²) in [5, 5.41) is 6.58. The summed E-state index contributed by atoms with van der Waals surface area (Å²) >= 11 is 0. The van der Waals surface area contributed by atoms with Crippen molar-refractivity contribution in [1.29, 1.82) is 0 Å².